The van der Waals surface area contributed by atoms with Crippen molar-refractivity contribution in [1.29, 1.82) is 0 Å². The number of carbonyl (C=O) groups excluding carboxylic acids is 1. The highest BCUT2D eigenvalue weighted by atomic mass is 16.3. The highest BCUT2D eigenvalue weighted by Crippen LogP contribution is 2.20. The summed E-state index contributed by atoms with van der Waals surface area (Å²) in [7, 11) is 0. The first-order chi connectivity index (χ1) is 11.1. The molecule has 1 amide bonds. The second-order valence-electron chi connectivity index (χ2n) is 7.61. The van der Waals surface area contributed by atoms with E-state index in [1.807, 2.05) is 20.8 Å². The van der Waals surface area contributed by atoms with Crippen LogP contribution in [0.5, 0.6) is 0 Å². The fourth-order valence-electron chi connectivity index (χ4n) is 2.69. The molecule has 1 fully saturated rings. The van der Waals surface area contributed by atoms with Crippen molar-refractivity contribution in [2.75, 3.05) is 32.7 Å². The molecule has 7 heteroatoms. The van der Waals surface area contributed by atoms with Crippen molar-refractivity contribution >= 4 is 5.91 Å². The van der Waals surface area contributed by atoms with Crippen LogP contribution < -0.4 is 5.56 Å². The number of rotatable bonds is 3. The molecule has 1 atom stereocenters. The summed E-state index contributed by atoms with van der Waals surface area (Å²) in [5.74, 6) is -0.240. The van der Waals surface area contributed by atoms with Gasteiger partial charge in [0.2, 0.25) is 0 Å². The standard InChI is InChI=1S/C17H28N4O3/c1-11-12(2)18-19-15(23)14(11)16(24)21-8-6-20(7-9-21)10-13(22)17(3,4)5/h13,22H,6-10H2,1-5H3,(H,19,23)/t13-/m1/s1. The summed E-state index contributed by atoms with van der Waals surface area (Å²) in [6.45, 7) is 12.6. The van der Waals surface area contributed by atoms with Crippen molar-refractivity contribution < 1.29 is 9.90 Å². The van der Waals surface area contributed by atoms with Crippen LogP contribution in [0.4, 0.5) is 0 Å². The molecule has 0 bridgehead atoms. The molecule has 1 aliphatic heterocycles. The molecule has 0 saturated carbocycles. The number of piperazine rings is 1. The summed E-state index contributed by atoms with van der Waals surface area (Å²) in [6, 6.07) is 0. The van der Waals surface area contributed by atoms with E-state index in [0.717, 1.165) is 0 Å². The lowest BCUT2D eigenvalue weighted by molar-refractivity contribution is 0.0136. The molecule has 0 spiro atoms. The van der Waals surface area contributed by atoms with Gasteiger partial charge in [0.15, 0.2) is 0 Å². The molecule has 1 aliphatic rings. The number of aliphatic hydroxyl groups excluding tert-OH is 1. The quantitative estimate of drug-likeness (QED) is 0.841. The number of aromatic amines is 1. The van der Waals surface area contributed by atoms with Crippen LogP contribution in [-0.2, 0) is 0 Å². The summed E-state index contributed by atoms with van der Waals surface area (Å²) < 4.78 is 0. The molecule has 0 aliphatic carbocycles. The van der Waals surface area contributed by atoms with Crippen molar-refractivity contribution in [3.63, 3.8) is 0 Å². The number of H-pyrrole nitrogens is 1. The second-order valence-corrected chi connectivity index (χ2v) is 7.61. The van der Waals surface area contributed by atoms with E-state index in [2.05, 4.69) is 15.1 Å². The molecule has 0 unspecified atom stereocenters. The highest BCUT2D eigenvalue weighted by molar-refractivity contribution is 5.95. The van der Waals surface area contributed by atoms with E-state index in [9.17, 15) is 14.7 Å². The summed E-state index contributed by atoms with van der Waals surface area (Å²) in [5, 5.41) is 16.5. The van der Waals surface area contributed by atoms with Gasteiger partial charge in [-0.25, -0.2) is 5.10 Å². The molecule has 0 radical (unpaired) electrons. The summed E-state index contributed by atoms with van der Waals surface area (Å²) in [6.07, 6.45) is -0.410. The minimum atomic E-state index is -0.436. The Morgan fingerprint density at radius 3 is 2.38 bits per heavy atom. The first-order valence-electron chi connectivity index (χ1n) is 8.37. The third kappa shape index (κ3) is 4.02. The molecule has 2 heterocycles. The molecular formula is C17H28N4O3. The number of carbonyl (C=O) groups is 1. The maximum Gasteiger partial charge on any atom is 0.277 e. The maximum atomic E-state index is 12.7. The van der Waals surface area contributed by atoms with Gasteiger partial charge in [-0.3, -0.25) is 14.5 Å². The van der Waals surface area contributed by atoms with Crippen molar-refractivity contribution in [1.82, 2.24) is 20.0 Å². The number of hydrogen-bond donors (Lipinski definition) is 2. The molecule has 1 saturated heterocycles. The Bertz CT molecular complexity index is 655. The van der Waals surface area contributed by atoms with E-state index in [-0.39, 0.29) is 16.9 Å². The number of aryl methyl sites for hydroxylation is 1. The molecule has 7 nitrogen and oxygen atoms in total. The molecule has 24 heavy (non-hydrogen) atoms. The van der Waals surface area contributed by atoms with Crippen LogP contribution in [0.3, 0.4) is 0 Å². The molecule has 1 aromatic heterocycles. The van der Waals surface area contributed by atoms with Crippen LogP contribution in [0.1, 0.15) is 42.4 Å². The fraction of sp³-hybridized carbons (Fsp3) is 0.706. The van der Waals surface area contributed by atoms with Gasteiger partial charge < -0.3 is 10.0 Å². The predicted molar refractivity (Wildman–Crippen MR) is 92.1 cm³/mol. The van der Waals surface area contributed by atoms with Gasteiger partial charge in [0.25, 0.3) is 11.5 Å². The van der Waals surface area contributed by atoms with Crippen molar-refractivity contribution in [3.8, 4) is 0 Å². The topological polar surface area (TPSA) is 89.5 Å². The number of aliphatic hydroxyl groups is 1. The van der Waals surface area contributed by atoms with Crippen molar-refractivity contribution in [2.24, 2.45) is 5.41 Å². The van der Waals surface area contributed by atoms with Gasteiger partial charge in [-0.15, -0.1) is 0 Å². The second kappa shape index (κ2) is 7.03. The zero-order valence-corrected chi connectivity index (χ0v) is 15.2. The number of hydrogen-bond acceptors (Lipinski definition) is 5. The van der Waals surface area contributed by atoms with E-state index in [0.29, 0.717) is 44.0 Å². The number of nitrogens with zero attached hydrogens (tertiary/aromatic N) is 3. The third-order valence-corrected chi connectivity index (χ3v) is 4.77. The summed E-state index contributed by atoms with van der Waals surface area (Å²) in [4.78, 5) is 28.5. The van der Waals surface area contributed by atoms with Crippen molar-refractivity contribution in [3.05, 3.63) is 27.2 Å². The van der Waals surface area contributed by atoms with E-state index in [1.165, 1.54) is 0 Å². The Hall–Kier alpha value is -1.73. The third-order valence-electron chi connectivity index (χ3n) is 4.77. The summed E-state index contributed by atoms with van der Waals surface area (Å²) in [5.41, 5.74) is 0.880. The van der Waals surface area contributed by atoms with Gasteiger partial charge in [0.1, 0.15) is 5.56 Å². The monoisotopic (exact) mass is 336 g/mol. The van der Waals surface area contributed by atoms with Crippen LogP contribution >= 0.6 is 0 Å². The lowest BCUT2D eigenvalue weighted by Crippen LogP contribution is -2.52. The minimum Gasteiger partial charge on any atom is -0.391 e. The van der Waals surface area contributed by atoms with Gasteiger partial charge >= 0.3 is 0 Å². The van der Waals surface area contributed by atoms with Crippen LogP contribution in [0.2, 0.25) is 0 Å². The average molecular weight is 336 g/mol. The Balaban J connectivity index is 2.02. The summed E-state index contributed by atoms with van der Waals surface area (Å²) >= 11 is 0. The van der Waals surface area contributed by atoms with E-state index in [1.54, 1.807) is 18.7 Å². The van der Waals surface area contributed by atoms with Crippen LogP contribution in [-0.4, -0.2) is 69.8 Å². The van der Waals surface area contributed by atoms with Crippen LogP contribution in [0, 0.1) is 19.3 Å². The Morgan fingerprint density at radius 2 is 1.83 bits per heavy atom. The molecule has 2 rings (SSSR count). The Morgan fingerprint density at radius 1 is 1.25 bits per heavy atom. The molecule has 0 aromatic carbocycles. The fourth-order valence-corrected chi connectivity index (χ4v) is 2.69. The molecule has 1 aromatic rings. The van der Waals surface area contributed by atoms with Gasteiger partial charge in [-0.1, -0.05) is 20.8 Å². The Kier molecular flexibility index (Phi) is 5.45. The van der Waals surface area contributed by atoms with Gasteiger partial charge in [0, 0.05) is 32.7 Å². The number of aromatic nitrogens is 2. The minimum absolute atomic E-state index is 0.161. The molecule has 2 N–H and O–H groups in total. The van der Waals surface area contributed by atoms with Gasteiger partial charge in [-0.2, -0.15) is 5.10 Å². The van der Waals surface area contributed by atoms with Crippen LogP contribution in [0.25, 0.3) is 0 Å². The number of β-amino-alcohol motifs (C(OH)–C–C–N with tert-alkyl or cyclic N) is 1. The van der Waals surface area contributed by atoms with E-state index >= 15 is 0 Å². The molecular weight excluding hydrogens is 308 g/mol. The zero-order chi connectivity index (χ0) is 18.1. The lowest BCUT2D eigenvalue weighted by Gasteiger charge is -2.38. The highest BCUT2D eigenvalue weighted by Gasteiger charge is 2.29. The smallest absolute Gasteiger partial charge is 0.277 e. The predicted octanol–water partition coefficient (Wildman–Crippen LogP) is 0.552. The Labute approximate surface area is 142 Å². The largest absolute Gasteiger partial charge is 0.391 e. The number of amides is 1. The zero-order valence-electron chi connectivity index (χ0n) is 15.2. The van der Waals surface area contributed by atoms with Crippen LogP contribution in [0.15, 0.2) is 4.79 Å². The van der Waals surface area contributed by atoms with E-state index < -0.39 is 11.7 Å². The van der Waals surface area contributed by atoms with Crippen molar-refractivity contribution in [2.45, 2.75) is 40.7 Å². The van der Waals surface area contributed by atoms with E-state index in [4.69, 9.17) is 0 Å². The SMILES string of the molecule is Cc1n[nH]c(=O)c(C(=O)N2CCN(C[C@@H](O)C(C)(C)C)CC2)c1C. The lowest BCUT2D eigenvalue weighted by atomic mass is 9.89. The van der Waals surface area contributed by atoms with Gasteiger partial charge in [-0.05, 0) is 24.8 Å². The normalized spacial score (nSPS) is 17.8. The maximum absolute atomic E-state index is 12.7. The first kappa shape index (κ1) is 18.6. The first-order valence-corrected chi connectivity index (χ1v) is 8.37. The molecule has 134 valence electrons. The average Bonchev–Trinajstić information content (AvgIpc) is 2.51. The number of nitrogens with one attached hydrogen (secondary N) is 1. The van der Waals surface area contributed by atoms with Gasteiger partial charge in [0.05, 0.1) is 11.8 Å².